The van der Waals surface area contributed by atoms with Crippen LogP contribution >= 0.6 is 24.8 Å². The van der Waals surface area contributed by atoms with E-state index in [4.69, 9.17) is 22.6 Å². The fraction of sp³-hybridized carbons (Fsp3) is 0.250. The van der Waals surface area contributed by atoms with E-state index in [1.165, 1.54) is 0 Å². The van der Waals surface area contributed by atoms with Crippen LogP contribution in [0.3, 0.4) is 0 Å². The third-order valence-corrected chi connectivity index (χ3v) is 2.99. The van der Waals surface area contributed by atoms with Crippen molar-refractivity contribution in [3.8, 4) is 0 Å². The van der Waals surface area contributed by atoms with Gasteiger partial charge in [0.1, 0.15) is 5.84 Å². The van der Waals surface area contributed by atoms with Gasteiger partial charge in [0, 0.05) is 17.0 Å². The van der Waals surface area contributed by atoms with Crippen molar-refractivity contribution < 1.29 is 0 Å². The molecule has 20 heavy (non-hydrogen) atoms. The maximum atomic E-state index is 7.58. The Balaban J connectivity index is 0.00000180. The van der Waals surface area contributed by atoms with E-state index in [-0.39, 0.29) is 42.5 Å². The third-order valence-electron chi connectivity index (χ3n) is 2.99. The highest BCUT2D eigenvalue weighted by molar-refractivity contribution is 6.09. The van der Waals surface area contributed by atoms with Gasteiger partial charge in [0.25, 0.3) is 0 Å². The minimum atomic E-state index is -0.0640. The predicted octanol–water partition coefficient (Wildman–Crippen LogP) is 0.984. The van der Waals surface area contributed by atoms with Crippen LogP contribution in [0.15, 0.2) is 28.4 Å². The molecule has 1 unspecified atom stereocenters. The highest BCUT2D eigenvalue weighted by Crippen LogP contribution is 2.29. The monoisotopic (exact) mass is 316 g/mol. The second-order valence-corrected chi connectivity index (χ2v) is 4.36. The highest BCUT2D eigenvalue weighted by Gasteiger charge is 2.27. The van der Waals surface area contributed by atoms with Crippen molar-refractivity contribution in [2.45, 2.75) is 13.3 Å². The summed E-state index contributed by atoms with van der Waals surface area (Å²) in [5.41, 5.74) is 19.7. The minimum Gasteiger partial charge on any atom is -0.384 e. The van der Waals surface area contributed by atoms with Crippen LogP contribution in [0.4, 0.5) is 0 Å². The maximum absolute atomic E-state index is 7.58. The first-order chi connectivity index (χ1) is 8.50. The van der Waals surface area contributed by atoms with Crippen LogP contribution in [0.5, 0.6) is 0 Å². The SMILES string of the molecule is CC1Cc2c(C(=N)N)cccc2C1=NN=C(N)N.Cl.Cl. The Morgan fingerprint density at radius 2 is 1.90 bits per heavy atom. The largest absolute Gasteiger partial charge is 0.384 e. The molecule has 8 heteroatoms. The summed E-state index contributed by atoms with van der Waals surface area (Å²) in [6.45, 7) is 2.05. The van der Waals surface area contributed by atoms with Crippen molar-refractivity contribution in [1.82, 2.24) is 0 Å². The number of nitrogen functional groups attached to an aromatic ring is 1. The summed E-state index contributed by atoms with van der Waals surface area (Å²) >= 11 is 0. The molecule has 6 nitrogen and oxygen atoms in total. The zero-order chi connectivity index (χ0) is 13.3. The first-order valence-corrected chi connectivity index (χ1v) is 5.64. The van der Waals surface area contributed by atoms with Crippen molar-refractivity contribution in [1.29, 1.82) is 5.41 Å². The molecular weight excluding hydrogens is 299 g/mol. The lowest BCUT2D eigenvalue weighted by Gasteiger charge is -2.05. The topological polar surface area (TPSA) is 127 Å². The molecule has 2 rings (SSSR count). The number of benzene rings is 1. The molecule has 110 valence electrons. The van der Waals surface area contributed by atoms with E-state index in [1.54, 1.807) is 0 Å². The summed E-state index contributed by atoms with van der Waals surface area (Å²) in [6.07, 6.45) is 0.796. The molecule has 0 radical (unpaired) electrons. The Morgan fingerprint density at radius 1 is 1.25 bits per heavy atom. The molecule has 1 aliphatic rings. The number of nitrogens with one attached hydrogen (secondary N) is 1. The van der Waals surface area contributed by atoms with Gasteiger partial charge in [-0.15, -0.1) is 29.9 Å². The maximum Gasteiger partial charge on any atom is 0.211 e. The lowest BCUT2D eigenvalue weighted by Crippen LogP contribution is -2.22. The van der Waals surface area contributed by atoms with Gasteiger partial charge in [0.2, 0.25) is 5.96 Å². The normalized spacial score (nSPS) is 17.6. The fourth-order valence-corrected chi connectivity index (χ4v) is 2.23. The first kappa shape index (κ1) is 18.2. The second-order valence-electron chi connectivity index (χ2n) is 4.36. The molecule has 0 saturated carbocycles. The van der Waals surface area contributed by atoms with Crippen LogP contribution in [0.1, 0.15) is 23.6 Å². The van der Waals surface area contributed by atoms with Crippen LogP contribution in [0, 0.1) is 11.3 Å². The van der Waals surface area contributed by atoms with Gasteiger partial charge in [-0.3, -0.25) is 5.41 Å². The fourth-order valence-electron chi connectivity index (χ4n) is 2.23. The molecule has 0 spiro atoms. The van der Waals surface area contributed by atoms with Crippen LogP contribution < -0.4 is 17.2 Å². The molecule has 1 aromatic rings. The summed E-state index contributed by atoms with van der Waals surface area (Å²) in [4.78, 5) is 0. The van der Waals surface area contributed by atoms with Crippen molar-refractivity contribution in [3.05, 3.63) is 34.9 Å². The van der Waals surface area contributed by atoms with E-state index in [0.29, 0.717) is 0 Å². The molecule has 1 atom stereocenters. The van der Waals surface area contributed by atoms with Gasteiger partial charge in [-0.05, 0) is 12.0 Å². The second kappa shape index (κ2) is 7.12. The number of nitrogens with two attached hydrogens (primary N) is 3. The van der Waals surface area contributed by atoms with Crippen molar-refractivity contribution in [3.63, 3.8) is 0 Å². The average molecular weight is 317 g/mol. The van der Waals surface area contributed by atoms with E-state index < -0.39 is 0 Å². The number of rotatable bonds is 2. The molecule has 1 aliphatic carbocycles. The Kier molecular flexibility index (Phi) is 6.48. The van der Waals surface area contributed by atoms with Gasteiger partial charge in [0.15, 0.2) is 0 Å². The molecule has 1 aromatic carbocycles. The zero-order valence-corrected chi connectivity index (χ0v) is 12.6. The quantitative estimate of drug-likeness (QED) is 0.369. The van der Waals surface area contributed by atoms with E-state index in [9.17, 15) is 0 Å². The van der Waals surface area contributed by atoms with Crippen molar-refractivity contribution >= 4 is 42.3 Å². The number of amidine groups is 1. The summed E-state index contributed by atoms with van der Waals surface area (Å²) in [5, 5.41) is 15.4. The van der Waals surface area contributed by atoms with E-state index >= 15 is 0 Å². The van der Waals surface area contributed by atoms with Gasteiger partial charge in [0.05, 0.1) is 5.71 Å². The Labute approximate surface area is 129 Å². The van der Waals surface area contributed by atoms with Crippen molar-refractivity contribution in [2.24, 2.45) is 33.3 Å². The number of guanidine groups is 1. The van der Waals surface area contributed by atoms with Gasteiger partial charge >= 0.3 is 0 Å². The van der Waals surface area contributed by atoms with Gasteiger partial charge < -0.3 is 17.2 Å². The molecular formula is C12H18Cl2N6. The number of nitrogens with zero attached hydrogens (tertiary/aromatic N) is 2. The highest BCUT2D eigenvalue weighted by atomic mass is 35.5. The molecule has 0 saturated heterocycles. The van der Waals surface area contributed by atoms with Crippen LogP contribution in [-0.2, 0) is 6.42 Å². The summed E-state index contributed by atoms with van der Waals surface area (Å²) in [6, 6.07) is 5.66. The van der Waals surface area contributed by atoms with Crippen molar-refractivity contribution in [2.75, 3.05) is 0 Å². The van der Waals surface area contributed by atoms with Crippen LogP contribution in [-0.4, -0.2) is 17.5 Å². The van der Waals surface area contributed by atoms with E-state index in [2.05, 4.69) is 10.2 Å². The molecule has 0 heterocycles. The summed E-state index contributed by atoms with van der Waals surface area (Å²) < 4.78 is 0. The van der Waals surface area contributed by atoms with Gasteiger partial charge in [-0.25, -0.2) is 0 Å². The van der Waals surface area contributed by atoms with Gasteiger partial charge in [-0.1, -0.05) is 25.1 Å². The molecule has 7 N–H and O–H groups in total. The molecule has 0 aromatic heterocycles. The number of hydrogen-bond acceptors (Lipinski definition) is 3. The smallest absolute Gasteiger partial charge is 0.211 e. The molecule has 0 bridgehead atoms. The molecule has 0 amide bonds. The lowest BCUT2D eigenvalue weighted by atomic mass is 10.0. The average Bonchev–Trinajstić information content (AvgIpc) is 2.61. The first-order valence-electron chi connectivity index (χ1n) is 5.64. The predicted molar refractivity (Wildman–Crippen MR) is 87.2 cm³/mol. The van der Waals surface area contributed by atoms with E-state index in [0.717, 1.165) is 28.8 Å². The lowest BCUT2D eigenvalue weighted by molar-refractivity contribution is 0.795. The summed E-state index contributed by atoms with van der Waals surface area (Å²) in [5.74, 6) is 0.219. The zero-order valence-electron chi connectivity index (χ0n) is 11.0. The Bertz CT molecular complexity index is 563. The van der Waals surface area contributed by atoms with Crippen LogP contribution in [0.25, 0.3) is 0 Å². The number of hydrogen-bond donors (Lipinski definition) is 4. The number of halogens is 2. The summed E-state index contributed by atoms with van der Waals surface area (Å²) in [7, 11) is 0. The molecule has 0 fully saturated rings. The van der Waals surface area contributed by atoms with Crippen LogP contribution in [0.2, 0.25) is 0 Å². The number of fused-ring (bicyclic) bond motifs is 1. The molecule has 0 aliphatic heterocycles. The minimum absolute atomic E-state index is 0. The van der Waals surface area contributed by atoms with Gasteiger partial charge in [-0.2, -0.15) is 5.10 Å². The van der Waals surface area contributed by atoms with E-state index in [1.807, 2.05) is 25.1 Å². The Hall–Kier alpha value is -1.79. The standard InChI is InChI=1S/C12H16N6.2ClH/c1-6-5-9-7(10(6)17-18-12(15)16)3-2-4-8(9)11(13)14;;/h2-4,6H,5H2,1H3,(H3,13,14)(H4,15,16,18);2*1H. The Morgan fingerprint density at radius 3 is 2.45 bits per heavy atom. The third kappa shape index (κ3) is 3.40.